The molecule has 210 valence electrons. The summed E-state index contributed by atoms with van der Waals surface area (Å²) in [5.41, 5.74) is 1.80. The Morgan fingerprint density at radius 2 is 1.74 bits per heavy atom. The standard InChI is InChI=1S/C30H36ClNO6S/c1-19(2)18-37-28-20(3)26(33)17-23(28)15-21-8-7-9-22(14-21)16-27(39(35)36)32(29(34)38-30(4,5)6)25-12-10-24(31)11-13-25/h7-14,19,23H,15-18H2,1-6H3. The number of carbonyl (C=O) groups excluding carboxylic acids is 2. The van der Waals surface area contributed by atoms with E-state index in [1.807, 2.05) is 24.3 Å². The van der Waals surface area contributed by atoms with Crippen LogP contribution in [0.1, 0.15) is 59.1 Å². The van der Waals surface area contributed by atoms with E-state index in [1.165, 1.54) is 0 Å². The summed E-state index contributed by atoms with van der Waals surface area (Å²) in [4.78, 5) is 26.6. The number of ketones is 1. The molecule has 1 aliphatic carbocycles. The Kier molecular flexibility index (Phi) is 10.0. The van der Waals surface area contributed by atoms with Crippen LogP contribution < -0.4 is 4.90 Å². The molecule has 0 saturated heterocycles. The lowest BCUT2D eigenvalue weighted by Crippen LogP contribution is -2.42. The Hall–Kier alpha value is -3.10. The molecule has 2 aromatic carbocycles. The fourth-order valence-corrected chi connectivity index (χ4v) is 5.09. The molecule has 0 aromatic heterocycles. The van der Waals surface area contributed by atoms with Crippen molar-refractivity contribution in [1.82, 2.24) is 0 Å². The number of amides is 1. The van der Waals surface area contributed by atoms with Gasteiger partial charge in [0.2, 0.25) is 10.3 Å². The van der Waals surface area contributed by atoms with Gasteiger partial charge in [0, 0.05) is 29.4 Å². The van der Waals surface area contributed by atoms with Crippen molar-refractivity contribution in [2.45, 2.75) is 66.4 Å². The summed E-state index contributed by atoms with van der Waals surface area (Å²) in [5.74, 6) is 1.09. The predicted octanol–water partition coefficient (Wildman–Crippen LogP) is 6.41. The van der Waals surface area contributed by atoms with E-state index >= 15 is 0 Å². The third-order valence-electron chi connectivity index (χ3n) is 6.09. The summed E-state index contributed by atoms with van der Waals surface area (Å²) >= 11 is 6.03. The van der Waals surface area contributed by atoms with Crippen LogP contribution in [0.5, 0.6) is 0 Å². The van der Waals surface area contributed by atoms with Crippen molar-refractivity contribution >= 4 is 44.4 Å². The first-order valence-electron chi connectivity index (χ1n) is 12.9. The van der Waals surface area contributed by atoms with Crippen molar-refractivity contribution in [2.75, 3.05) is 11.5 Å². The number of ether oxygens (including phenoxy) is 2. The van der Waals surface area contributed by atoms with Gasteiger partial charge in [-0.3, -0.25) is 4.79 Å². The Labute approximate surface area is 237 Å². The number of allylic oxidation sites excluding steroid dienone is 2. The van der Waals surface area contributed by atoms with Gasteiger partial charge in [-0.1, -0.05) is 49.7 Å². The zero-order valence-corrected chi connectivity index (χ0v) is 24.9. The summed E-state index contributed by atoms with van der Waals surface area (Å²) in [6.07, 6.45) is 0.111. The number of Topliss-reactive ketones (excluding diaryl/α,β-unsaturated/α-hetero) is 1. The molecule has 1 amide bonds. The smallest absolute Gasteiger partial charge is 0.420 e. The Morgan fingerprint density at radius 1 is 1.10 bits per heavy atom. The Bertz CT molecular complexity index is 1380. The molecular formula is C30H36ClNO6S. The highest BCUT2D eigenvalue weighted by molar-refractivity contribution is 7.73. The molecule has 0 aliphatic heterocycles. The number of anilines is 1. The minimum absolute atomic E-state index is 0.0407. The summed E-state index contributed by atoms with van der Waals surface area (Å²) in [6, 6.07) is 13.8. The highest BCUT2D eigenvalue weighted by atomic mass is 35.5. The largest absolute Gasteiger partial charge is 0.497 e. The van der Waals surface area contributed by atoms with Crippen LogP contribution in [0.25, 0.3) is 0 Å². The first-order valence-corrected chi connectivity index (χ1v) is 14.4. The van der Waals surface area contributed by atoms with Crippen LogP contribution in [0.15, 0.2) is 59.9 Å². The van der Waals surface area contributed by atoms with E-state index < -0.39 is 22.0 Å². The van der Waals surface area contributed by atoms with Crippen molar-refractivity contribution < 1.29 is 27.5 Å². The molecule has 2 aromatic rings. The van der Waals surface area contributed by atoms with Gasteiger partial charge in [0.05, 0.1) is 12.3 Å². The van der Waals surface area contributed by atoms with Gasteiger partial charge in [0.1, 0.15) is 11.4 Å². The molecule has 1 aliphatic rings. The monoisotopic (exact) mass is 573 g/mol. The number of rotatable bonds is 8. The molecule has 7 nitrogen and oxygen atoms in total. The quantitative estimate of drug-likeness (QED) is 0.339. The second-order valence-corrected chi connectivity index (χ2v) is 12.5. The lowest BCUT2D eigenvalue weighted by atomic mass is 9.95. The summed E-state index contributed by atoms with van der Waals surface area (Å²) in [6.45, 7) is 11.6. The van der Waals surface area contributed by atoms with E-state index in [0.29, 0.717) is 47.2 Å². The molecule has 1 unspecified atom stereocenters. The average molecular weight is 574 g/mol. The number of carbonyl (C=O) groups is 2. The van der Waals surface area contributed by atoms with E-state index in [2.05, 4.69) is 13.8 Å². The van der Waals surface area contributed by atoms with Crippen LogP contribution >= 0.6 is 11.6 Å². The maximum absolute atomic E-state index is 13.2. The van der Waals surface area contributed by atoms with E-state index in [-0.39, 0.29) is 23.1 Å². The maximum atomic E-state index is 13.2. The summed E-state index contributed by atoms with van der Waals surface area (Å²) < 4.78 is 36.5. The molecule has 0 spiro atoms. The Balaban J connectivity index is 1.91. The number of benzene rings is 2. The molecule has 0 fully saturated rings. The molecule has 0 bridgehead atoms. The predicted molar refractivity (Wildman–Crippen MR) is 155 cm³/mol. The lowest BCUT2D eigenvalue weighted by molar-refractivity contribution is -0.115. The third kappa shape index (κ3) is 8.44. The molecule has 9 heteroatoms. The number of nitrogens with zero attached hydrogens (tertiary/aromatic N) is 1. The molecule has 0 saturated carbocycles. The summed E-state index contributed by atoms with van der Waals surface area (Å²) in [5, 5.41) is 0.451. The molecule has 0 heterocycles. The second kappa shape index (κ2) is 12.8. The first-order chi connectivity index (χ1) is 18.2. The van der Waals surface area contributed by atoms with Crippen LogP contribution in [0.3, 0.4) is 0 Å². The van der Waals surface area contributed by atoms with E-state index in [4.69, 9.17) is 21.1 Å². The van der Waals surface area contributed by atoms with Gasteiger partial charge in [-0.25, -0.2) is 9.69 Å². The number of halogens is 1. The molecule has 1 atom stereocenters. The fraction of sp³-hybridized carbons (Fsp3) is 0.433. The lowest BCUT2D eigenvalue weighted by Gasteiger charge is -2.27. The van der Waals surface area contributed by atoms with Gasteiger partial charge >= 0.3 is 6.09 Å². The van der Waals surface area contributed by atoms with Crippen molar-refractivity contribution in [3.8, 4) is 0 Å². The second-order valence-electron chi connectivity index (χ2n) is 11.1. The molecule has 0 N–H and O–H groups in total. The number of hydrogen-bond acceptors (Lipinski definition) is 6. The molecule has 39 heavy (non-hydrogen) atoms. The SMILES string of the molecule is CC1=C(OCC(C)C)C(Cc2cccc(CC(N(C(=O)OC(C)(C)C)c3ccc(Cl)cc3)=S(=O)=O)c2)CC1=O. The van der Waals surface area contributed by atoms with E-state index in [9.17, 15) is 18.0 Å². The van der Waals surface area contributed by atoms with Crippen LogP contribution in [0.2, 0.25) is 5.02 Å². The van der Waals surface area contributed by atoms with Gasteiger partial charge in [-0.15, -0.1) is 0 Å². The van der Waals surface area contributed by atoms with E-state index in [1.54, 1.807) is 52.0 Å². The van der Waals surface area contributed by atoms with Gasteiger partial charge in [-0.05, 0) is 75.4 Å². The molecular weight excluding hydrogens is 538 g/mol. The minimum atomic E-state index is -2.74. The van der Waals surface area contributed by atoms with Gasteiger partial charge in [0.15, 0.2) is 10.8 Å². The maximum Gasteiger partial charge on any atom is 0.420 e. The zero-order chi connectivity index (χ0) is 28.9. The van der Waals surface area contributed by atoms with Gasteiger partial charge in [0.25, 0.3) is 0 Å². The molecule has 3 rings (SSSR count). The highest BCUT2D eigenvalue weighted by Crippen LogP contribution is 2.33. The van der Waals surface area contributed by atoms with Crippen molar-refractivity contribution in [3.05, 3.63) is 76.0 Å². The number of hydrogen-bond donors (Lipinski definition) is 0. The first kappa shape index (κ1) is 30.4. The zero-order valence-electron chi connectivity index (χ0n) is 23.3. The Morgan fingerprint density at radius 3 is 2.33 bits per heavy atom. The van der Waals surface area contributed by atoms with Crippen molar-refractivity contribution in [1.29, 1.82) is 0 Å². The van der Waals surface area contributed by atoms with Gasteiger partial charge < -0.3 is 9.47 Å². The normalized spacial score (nSPS) is 15.5. The fourth-order valence-electron chi connectivity index (χ4n) is 4.35. The summed E-state index contributed by atoms with van der Waals surface area (Å²) in [7, 11) is -2.74. The van der Waals surface area contributed by atoms with Crippen LogP contribution in [-0.2, 0) is 37.4 Å². The minimum Gasteiger partial charge on any atom is -0.497 e. The third-order valence-corrected chi connectivity index (χ3v) is 7.06. The van der Waals surface area contributed by atoms with Crippen LogP contribution in [-0.4, -0.2) is 37.5 Å². The van der Waals surface area contributed by atoms with Crippen molar-refractivity contribution in [2.24, 2.45) is 11.8 Å². The van der Waals surface area contributed by atoms with E-state index in [0.717, 1.165) is 16.2 Å². The van der Waals surface area contributed by atoms with Gasteiger partial charge in [-0.2, -0.15) is 8.42 Å². The van der Waals surface area contributed by atoms with Crippen LogP contribution in [0, 0.1) is 11.8 Å². The molecule has 0 radical (unpaired) electrons. The van der Waals surface area contributed by atoms with Crippen LogP contribution in [0.4, 0.5) is 10.5 Å². The average Bonchev–Trinajstić information content (AvgIpc) is 3.09. The topological polar surface area (TPSA) is 90.0 Å². The van der Waals surface area contributed by atoms with Crippen molar-refractivity contribution in [3.63, 3.8) is 0 Å². The highest BCUT2D eigenvalue weighted by Gasteiger charge is 2.32.